The van der Waals surface area contributed by atoms with Gasteiger partial charge in [0.25, 0.3) is 0 Å². The van der Waals surface area contributed by atoms with Gasteiger partial charge in [0, 0.05) is 38.4 Å². The summed E-state index contributed by atoms with van der Waals surface area (Å²) in [5.41, 5.74) is 11.7. The molecular formula is C52H84N4. The minimum Gasteiger partial charge on any atom is -0.385 e. The summed E-state index contributed by atoms with van der Waals surface area (Å²) in [6.45, 7) is 33.6. The Balaban J connectivity index is 0.000000333. The molecule has 4 aromatic carbocycles. The summed E-state index contributed by atoms with van der Waals surface area (Å²) in [5.74, 6) is 3.33. The van der Waals surface area contributed by atoms with Crippen molar-refractivity contribution in [2.45, 2.75) is 141 Å². The van der Waals surface area contributed by atoms with E-state index in [0.29, 0.717) is 0 Å². The van der Waals surface area contributed by atoms with Crippen molar-refractivity contribution in [1.29, 1.82) is 0 Å². The molecule has 0 spiro atoms. The van der Waals surface area contributed by atoms with Crippen LogP contribution in [0.25, 0.3) is 0 Å². The van der Waals surface area contributed by atoms with E-state index in [-0.39, 0.29) is 0 Å². The molecule has 4 heterocycles. The first-order valence-electron chi connectivity index (χ1n) is 21.9. The van der Waals surface area contributed by atoms with Crippen molar-refractivity contribution >= 4 is 5.69 Å². The fourth-order valence-corrected chi connectivity index (χ4v) is 5.67. The smallest absolute Gasteiger partial charge is 0.0372 e. The molecular weight excluding hydrogens is 681 g/mol. The molecule has 4 N–H and O–H groups in total. The molecule has 0 saturated carbocycles. The van der Waals surface area contributed by atoms with E-state index in [0.717, 1.165) is 69.5 Å². The lowest BCUT2D eigenvalue weighted by molar-refractivity contribution is 0.644. The monoisotopic (exact) mass is 765 g/mol. The predicted octanol–water partition coefficient (Wildman–Crippen LogP) is 13.0. The number of hydrogen-bond acceptors (Lipinski definition) is 4. The van der Waals surface area contributed by atoms with Crippen LogP contribution in [0.3, 0.4) is 0 Å². The van der Waals surface area contributed by atoms with Gasteiger partial charge >= 0.3 is 0 Å². The molecule has 4 aromatic rings. The van der Waals surface area contributed by atoms with E-state index >= 15 is 0 Å². The van der Waals surface area contributed by atoms with E-state index in [1.54, 1.807) is 0 Å². The summed E-state index contributed by atoms with van der Waals surface area (Å²) < 4.78 is 0. The molecule has 0 aliphatic carbocycles. The van der Waals surface area contributed by atoms with Gasteiger partial charge in [-0.3, -0.25) is 0 Å². The van der Waals surface area contributed by atoms with Crippen molar-refractivity contribution in [1.82, 2.24) is 16.0 Å². The van der Waals surface area contributed by atoms with Gasteiger partial charge in [0.1, 0.15) is 0 Å². The van der Waals surface area contributed by atoms with Gasteiger partial charge in [0.15, 0.2) is 0 Å². The third-order valence-electron chi connectivity index (χ3n) is 7.94. The zero-order chi connectivity index (χ0) is 41.6. The number of aryl methyl sites for hydroxylation is 2. The van der Waals surface area contributed by atoms with Gasteiger partial charge in [-0.15, -0.1) is 0 Å². The van der Waals surface area contributed by atoms with Crippen LogP contribution < -0.4 is 21.3 Å². The third kappa shape index (κ3) is 26.4. The summed E-state index contributed by atoms with van der Waals surface area (Å²) >= 11 is 0. The molecule has 4 nitrogen and oxygen atoms in total. The zero-order valence-electron chi connectivity index (χ0n) is 38.0. The van der Waals surface area contributed by atoms with Crippen molar-refractivity contribution < 1.29 is 0 Å². The highest BCUT2D eigenvalue weighted by atomic mass is 14.9. The van der Waals surface area contributed by atoms with Crippen LogP contribution in [-0.4, -0.2) is 19.6 Å². The Bertz CT molecular complexity index is 1340. The standard InChI is InChI=1S/C10H13N.2C9H11N.C8H9N.4C4H10/c1-2-5-10-8-11-7-3-6-9(10)4-1;1-2-6-9-8(4-1)5-3-7-10-9;1-2-4-9-7-10-6-5-8(9)3-1;1-2-4-8-6-9-5-7(8)3-1;4*1-4(2)3/h1-2,4-5,11H,3,6-8H2;1-2,4,6,10H,3,5,7H2;1-4,10H,5-7H2;1-4,9H,5-6H2;4*4H,1-3H3. The molecule has 0 fully saturated rings. The van der Waals surface area contributed by atoms with Gasteiger partial charge in [0.05, 0.1) is 0 Å². The maximum atomic E-state index is 3.40. The first-order valence-corrected chi connectivity index (χ1v) is 21.9. The molecule has 0 saturated heterocycles. The van der Waals surface area contributed by atoms with E-state index in [9.17, 15) is 0 Å². The fraction of sp³-hybridized carbons (Fsp3) is 0.538. The number of anilines is 1. The first-order chi connectivity index (χ1) is 26.8. The SMILES string of the molecule is CC(C)C.CC(C)C.CC(C)C.CC(C)C.c1ccc2c(c1)CCCN2.c1ccc2c(c1)CCCNC2.c1ccc2c(c1)CCNC2.c1ccc2c(c1)CNC2. The first kappa shape index (κ1) is 50.6. The van der Waals surface area contributed by atoms with E-state index in [4.69, 9.17) is 0 Å². The van der Waals surface area contributed by atoms with Gasteiger partial charge in [-0.25, -0.2) is 0 Å². The van der Waals surface area contributed by atoms with Crippen LogP contribution in [0.1, 0.15) is 135 Å². The average molecular weight is 765 g/mol. The fourth-order valence-electron chi connectivity index (χ4n) is 5.67. The molecule has 56 heavy (non-hydrogen) atoms. The predicted molar refractivity (Wildman–Crippen MR) is 251 cm³/mol. The number of benzene rings is 4. The Morgan fingerprint density at radius 3 is 1.05 bits per heavy atom. The Labute approximate surface area is 346 Å². The van der Waals surface area contributed by atoms with Crippen LogP contribution in [0.2, 0.25) is 0 Å². The Morgan fingerprint density at radius 1 is 0.321 bits per heavy atom. The van der Waals surface area contributed by atoms with Crippen LogP contribution in [0.5, 0.6) is 0 Å². The van der Waals surface area contributed by atoms with Crippen molar-refractivity contribution in [2.24, 2.45) is 23.7 Å². The van der Waals surface area contributed by atoms with Crippen molar-refractivity contribution in [3.05, 3.63) is 136 Å². The van der Waals surface area contributed by atoms with Gasteiger partial charge in [-0.1, -0.05) is 174 Å². The highest BCUT2D eigenvalue weighted by Crippen LogP contribution is 2.20. The van der Waals surface area contributed by atoms with Crippen LogP contribution in [0.4, 0.5) is 5.69 Å². The second-order valence-electron chi connectivity index (χ2n) is 17.7. The average Bonchev–Trinajstić information content (AvgIpc) is 3.52. The molecule has 312 valence electrons. The second-order valence-corrected chi connectivity index (χ2v) is 17.7. The Morgan fingerprint density at radius 2 is 0.625 bits per heavy atom. The largest absolute Gasteiger partial charge is 0.385 e. The summed E-state index contributed by atoms with van der Waals surface area (Å²) in [6.07, 6.45) is 6.22. The number of hydrogen-bond donors (Lipinski definition) is 4. The topological polar surface area (TPSA) is 48.1 Å². The van der Waals surface area contributed by atoms with Crippen LogP contribution >= 0.6 is 0 Å². The van der Waals surface area contributed by atoms with Gasteiger partial charge < -0.3 is 21.3 Å². The molecule has 0 atom stereocenters. The molecule has 8 rings (SSSR count). The summed E-state index contributed by atoms with van der Waals surface area (Å²) in [6, 6.07) is 34.4. The van der Waals surface area contributed by atoms with E-state index in [1.165, 1.54) is 76.7 Å². The summed E-state index contributed by atoms with van der Waals surface area (Å²) in [4.78, 5) is 0. The minimum absolute atomic E-state index is 0.833. The number of para-hydroxylation sites is 1. The number of rotatable bonds is 0. The van der Waals surface area contributed by atoms with Crippen molar-refractivity contribution in [2.75, 3.05) is 25.0 Å². The Hall–Kier alpha value is -3.44. The molecule has 4 heteroatoms. The molecule has 4 aliphatic rings. The molecule has 0 unspecified atom stereocenters. The maximum absolute atomic E-state index is 3.40. The van der Waals surface area contributed by atoms with Gasteiger partial charge in [-0.05, 0) is 114 Å². The molecule has 0 amide bonds. The quantitative estimate of drug-likeness (QED) is 0.144. The number of fused-ring (bicyclic) bond motifs is 4. The highest BCUT2D eigenvalue weighted by Gasteiger charge is 2.07. The second kappa shape index (κ2) is 31.6. The molecule has 4 aliphatic heterocycles. The third-order valence-corrected chi connectivity index (χ3v) is 7.94. The number of nitrogens with one attached hydrogen (secondary N) is 4. The van der Waals surface area contributed by atoms with E-state index < -0.39 is 0 Å². The van der Waals surface area contributed by atoms with Gasteiger partial charge in [-0.2, -0.15) is 0 Å². The lowest BCUT2D eigenvalue weighted by Crippen LogP contribution is -2.23. The Kier molecular flexibility index (Phi) is 28.6. The maximum Gasteiger partial charge on any atom is 0.0372 e. The summed E-state index contributed by atoms with van der Waals surface area (Å²) in [5, 5.41) is 13.4. The normalized spacial score (nSPS) is 14.1. The summed E-state index contributed by atoms with van der Waals surface area (Å²) in [7, 11) is 0. The van der Waals surface area contributed by atoms with Gasteiger partial charge in [0.2, 0.25) is 0 Å². The zero-order valence-corrected chi connectivity index (χ0v) is 38.0. The van der Waals surface area contributed by atoms with Crippen LogP contribution in [-0.2, 0) is 45.4 Å². The molecule has 0 bridgehead atoms. The lowest BCUT2D eigenvalue weighted by Gasteiger charge is -2.16. The highest BCUT2D eigenvalue weighted by molar-refractivity contribution is 5.52. The van der Waals surface area contributed by atoms with E-state index in [2.05, 4.69) is 201 Å². The van der Waals surface area contributed by atoms with Crippen molar-refractivity contribution in [3.63, 3.8) is 0 Å². The van der Waals surface area contributed by atoms with Crippen molar-refractivity contribution in [3.8, 4) is 0 Å². The van der Waals surface area contributed by atoms with Crippen LogP contribution in [0.15, 0.2) is 97.1 Å². The molecule has 0 radical (unpaired) electrons. The minimum atomic E-state index is 0.833. The molecule has 0 aromatic heterocycles. The lowest BCUT2D eigenvalue weighted by atomic mass is 10.0. The van der Waals surface area contributed by atoms with Crippen LogP contribution in [0, 0.1) is 23.7 Å². The van der Waals surface area contributed by atoms with E-state index in [1.807, 2.05) is 0 Å².